The third-order valence-electron chi connectivity index (χ3n) is 2.95. The highest BCUT2D eigenvalue weighted by Crippen LogP contribution is 2.21. The van der Waals surface area contributed by atoms with E-state index in [0.717, 1.165) is 16.8 Å². The Bertz CT molecular complexity index is 855. The van der Waals surface area contributed by atoms with Gasteiger partial charge in [-0.15, -0.1) is 10.2 Å². The lowest BCUT2D eigenvalue weighted by molar-refractivity contribution is 0.102. The maximum atomic E-state index is 13.5. The van der Waals surface area contributed by atoms with Crippen molar-refractivity contribution in [1.82, 2.24) is 15.2 Å². The molecular weight excluding hydrogens is 339 g/mol. The first-order valence-electron chi connectivity index (χ1n) is 6.59. The molecule has 5 nitrogen and oxygen atoms in total. The van der Waals surface area contributed by atoms with E-state index in [2.05, 4.69) is 20.5 Å². The Morgan fingerprint density at radius 1 is 1.30 bits per heavy atom. The minimum absolute atomic E-state index is 0.0911. The molecule has 0 saturated heterocycles. The zero-order chi connectivity index (χ0) is 16.2. The number of carbonyl (C=O) groups excluding carboxylic acids is 1. The number of hydrogen-bond acceptors (Lipinski definition) is 5. The van der Waals surface area contributed by atoms with Gasteiger partial charge in [0.15, 0.2) is 5.82 Å². The van der Waals surface area contributed by atoms with Gasteiger partial charge in [-0.2, -0.15) is 0 Å². The van der Waals surface area contributed by atoms with E-state index >= 15 is 0 Å². The second-order valence-corrected chi connectivity index (χ2v) is 6.12. The molecule has 0 aliphatic rings. The predicted octanol–water partition coefficient (Wildman–Crippen LogP) is 3.57. The number of hydrogen-bond donors (Lipinski definition) is 1. The van der Waals surface area contributed by atoms with Crippen LogP contribution in [0.1, 0.15) is 20.9 Å². The number of anilines is 1. The first kappa shape index (κ1) is 15.5. The fourth-order valence-electron chi connectivity index (χ4n) is 1.92. The molecule has 0 saturated carbocycles. The normalized spacial score (nSPS) is 10.5. The number of benzene rings is 1. The Kier molecular flexibility index (Phi) is 4.59. The number of halogens is 2. The van der Waals surface area contributed by atoms with Gasteiger partial charge in [0.05, 0.1) is 11.8 Å². The molecule has 0 spiro atoms. The average Bonchev–Trinajstić information content (AvgIpc) is 2.94. The van der Waals surface area contributed by atoms with E-state index in [9.17, 15) is 9.18 Å². The van der Waals surface area contributed by atoms with E-state index in [-0.39, 0.29) is 5.56 Å². The summed E-state index contributed by atoms with van der Waals surface area (Å²) in [7, 11) is 0. The third kappa shape index (κ3) is 3.88. The number of amides is 1. The van der Waals surface area contributed by atoms with Gasteiger partial charge in [-0.25, -0.2) is 4.39 Å². The first-order valence-corrected chi connectivity index (χ1v) is 7.79. The molecule has 3 rings (SSSR count). The molecule has 1 N–H and O–H groups in total. The van der Waals surface area contributed by atoms with Crippen LogP contribution in [0, 0.1) is 5.82 Å². The van der Waals surface area contributed by atoms with Crippen molar-refractivity contribution in [2.45, 2.75) is 6.42 Å². The summed E-state index contributed by atoms with van der Waals surface area (Å²) in [6, 6.07) is 8.72. The number of pyridine rings is 1. The molecular formula is C15H10ClFN4OS. The fraction of sp³-hybridized carbons (Fsp3) is 0.0667. The molecule has 1 aromatic carbocycles. The molecule has 0 aliphatic carbocycles. The van der Waals surface area contributed by atoms with Crippen molar-refractivity contribution in [1.29, 1.82) is 0 Å². The molecule has 0 atom stereocenters. The van der Waals surface area contributed by atoms with E-state index in [1.807, 2.05) is 18.2 Å². The van der Waals surface area contributed by atoms with Crippen molar-refractivity contribution in [3.05, 3.63) is 69.7 Å². The molecule has 23 heavy (non-hydrogen) atoms. The van der Waals surface area contributed by atoms with Gasteiger partial charge in [-0.1, -0.05) is 35.1 Å². The molecule has 0 aliphatic heterocycles. The van der Waals surface area contributed by atoms with Crippen LogP contribution < -0.4 is 5.32 Å². The molecule has 0 bridgehead atoms. The second-order valence-electron chi connectivity index (χ2n) is 4.62. The van der Waals surface area contributed by atoms with Crippen LogP contribution in [-0.2, 0) is 6.42 Å². The van der Waals surface area contributed by atoms with Crippen molar-refractivity contribution in [2.24, 2.45) is 0 Å². The number of nitrogens with one attached hydrogen (secondary N) is 1. The van der Waals surface area contributed by atoms with E-state index < -0.39 is 11.7 Å². The molecule has 3 aromatic rings. The smallest absolute Gasteiger partial charge is 0.260 e. The number of aromatic nitrogens is 3. The van der Waals surface area contributed by atoms with Crippen LogP contribution in [0.2, 0.25) is 5.02 Å². The lowest BCUT2D eigenvalue weighted by Crippen LogP contribution is -2.13. The highest BCUT2D eigenvalue weighted by atomic mass is 35.5. The topological polar surface area (TPSA) is 67.8 Å². The Labute approximate surface area is 140 Å². The summed E-state index contributed by atoms with van der Waals surface area (Å²) in [6.07, 6.45) is 2.89. The zero-order valence-electron chi connectivity index (χ0n) is 11.7. The van der Waals surface area contributed by atoms with Crippen molar-refractivity contribution < 1.29 is 9.18 Å². The van der Waals surface area contributed by atoms with Gasteiger partial charge in [-0.05, 0) is 23.8 Å². The molecule has 116 valence electrons. The molecule has 1 amide bonds. The van der Waals surface area contributed by atoms with Gasteiger partial charge in [0, 0.05) is 17.6 Å². The minimum atomic E-state index is -0.686. The van der Waals surface area contributed by atoms with Gasteiger partial charge in [-0.3, -0.25) is 15.1 Å². The van der Waals surface area contributed by atoms with Crippen molar-refractivity contribution in [3.63, 3.8) is 0 Å². The van der Waals surface area contributed by atoms with E-state index in [1.165, 1.54) is 23.6 Å². The largest absolute Gasteiger partial charge is 0.296 e. The number of nitrogens with zero attached hydrogens (tertiary/aromatic N) is 3. The van der Waals surface area contributed by atoms with Crippen molar-refractivity contribution in [2.75, 3.05) is 5.32 Å². The second kappa shape index (κ2) is 6.80. The Hall–Kier alpha value is -2.38. The summed E-state index contributed by atoms with van der Waals surface area (Å²) >= 11 is 7.16. The van der Waals surface area contributed by atoms with Gasteiger partial charge in [0.2, 0.25) is 5.13 Å². The lowest BCUT2D eigenvalue weighted by atomic mass is 10.2. The highest BCUT2D eigenvalue weighted by molar-refractivity contribution is 7.15. The molecule has 8 heteroatoms. The standard InChI is InChI=1S/C15H10ClFN4OS/c16-10-3-1-2-9(6-10)7-13-20-21-15(23-13)19-14(22)11-4-5-18-8-12(11)17/h1-6,8H,7H2,(H,19,21,22). The van der Waals surface area contributed by atoms with E-state index in [4.69, 9.17) is 11.6 Å². The van der Waals surface area contributed by atoms with Gasteiger partial charge in [0.25, 0.3) is 5.91 Å². The summed E-state index contributed by atoms with van der Waals surface area (Å²) in [5.41, 5.74) is 0.901. The van der Waals surface area contributed by atoms with Crippen LogP contribution in [0.4, 0.5) is 9.52 Å². The van der Waals surface area contributed by atoms with Crippen LogP contribution in [-0.4, -0.2) is 21.1 Å². The zero-order valence-corrected chi connectivity index (χ0v) is 13.2. The van der Waals surface area contributed by atoms with Gasteiger partial charge >= 0.3 is 0 Å². The Morgan fingerprint density at radius 3 is 2.96 bits per heavy atom. The Morgan fingerprint density at radius 2 is 2.17 bits per heavy atom. The molecule has 2 aromatic heterocycles. The van der Waals surface area contributed by atoms with E-state index in [1.54, 1.807) is 6.07 Å². The summed E-state index contributed by atoms with van der Waals surface area (Å²) < 4.78 is 13.5. The number of rotatable bonds is 4. The molecule has 0 radical (unpaired) electrons. The van der Waals surface area contributed by atoms with Crippen LogP contribution in [0.3, 0.4) is 0 Å². The predicted molar refractivity (Wildman–Crippen MR) is 86.3 cm³/mol. The summed E-state index contributed by atoms with van der Waals surface area (Å²) in [5, 5.41) is 12.1. The first-order chi connectivity index (χ1) is 11.1. The van der Waals surface area contributed by atoms with Crippen LogP contribution in [0.5, 0.6) is 0 Å². The fourth-order valence-corrected chi connectivity index (χ4v) is 2.90. The lowest BCUT2D eigenvalue weighted by Gasteiger charge is -2.01. The maximum absolute atomic E-state index is 13.5. The van der Waals surface area contributed by atoms with Crippen molar-refractivity contribution >= 4 is 34.0 Å². The van der Waals surface area contributed by atoms with Crippen LogP contribution >= 0.6 is 22.9 Å². The molecule has 2 heterocycles. The summed E-state index contributed by atoms with van der Waals surface area (Å²) in [5.74, 6) is -1.27. The Balaban J connectivity index is 1.70. The van der Waals surface area contributed by atoms with E-state index in [0.29, 0.717) is 16.6 Å². The van der Waals surface area contributed by atoms with Crippen LogP contribution in [0.25, 0.3) is 0 Å². The quantitative estimate of drug-likeness (QED) is 0.782. The third-order valence-corrected chi connectivity index (χ3v) is 4.02. The van der Waals surface area contributed by atoms with Gasteiger partial charge < -0.3 is 0 Å². The van der Waals surface area contributed by atoms with Crippen molar-refractivity contribution in [3.8, 4) is 0 Å². The van der Waals surface area contributed by atoms with Crippen LogP contribution in [0.15, 0.2) is 42.7 Å². The molecule has 0 fully saturated rings. The molecule has 0 unspecified atom stereocenters. The summed E-state index contributed by atoms with van der Waals surface area (Å²) in [6.45, 7) is 0. The summed E-state index contributed by atoms with van der Waals surface area (Å²) in [4.78, 5) is 15.6. The number of carbonyl (C=O) groups is 1. The van der Waals surface area contributed by atoms with Gasteiger partial charge in [0.1, 0.15) is 5.01 Å². The minimum Gasteiger partial charge on any atom is -0.296 e. The SMILES string of the molecule is O=C(Nc1nnc(Cc2cccc(Cl)c2)s1)c1ccncc1F. The average molecular weight is 349 g/mol. The maximum Gasteiger partial charge on any atom is 0.260 e. The highest BCUT2D eigenvalue weighted by Gasteiger charge is 2.14. The monoisotopic (exact) mass is 348 g/mol.